The van der Waals surface area contributed by atoms with E-state index in [9.17, 15) is 27.9 Å². The second-order valence-corrected chi connectivity index (χ2v) is 18.0. The van der Waals surface area contributed by atoms with Gasteiger partial charge in [-0.3, -0.25) is 10.2 Å². The fraction of sp³-hybridized carbons (Fsp3) is 0.476. The number of sulfonamides is 1. The van der Waals surface area contributed by atoms with Crippen LogP contribution in [0.15, 0.2) is 53.4 Å². The molecule has 0 unspecified atom stereocenters. The Labute approximate surface area is 335 Å². The van der Waals surface area contributed by atoms with Crippen LogP contribution in [0.25, 0.3) is 11.1 Å². The van der Waals surface area contributed by atoms with E-state index in [4.69, 9.17) is 19.6 Å². The number of aliphatic carboxylic acids is 1. The number of carboxylic acids is 1. The lowest BCUT2D eigenvalue weighted by Gasteiger charge is -2.30. The average molecular weight is 806 g/mol. The van der Waals surface area contributed by atoms with Crippen LogP contribution in [0.4, 0.5) is 4.79 Å². The molecule has 14 nitrogen and oxygen atoms in total. The van der Waals surface area contributed by atoms with Crippen molar-refractivity contribution in [1.82, 2.24) is 20.7 Å². The van der Waals surface area contributed by atoms with Crippen molar-refractivity contribution < 1.29 is 42.1 Å². The highest BCUT2D eigenvalue weighted by Gasteiger charge is 2.37. The lowest BCUT2D eigenvalue weighted by molar-refractivity contribution is -0.150. The number of hydrogen-bond acceptors (Lipinski definition) is 9. The smallest absolute Gasteiger partial charge is 0.407 e. The Morgan fingerprint density at radius 3 is 2.14 bits per heavy atom. The maximum Gasteiger partial charge on any atom is 0.407 e. The minimum absolute atomic E-state index is 0.00521. The highest BCUT2D eigenvalue weighted by atomic mass is 32.2. The van der Waals surface area contributed by atoms with E-state index >= 15 is 0 Å². The van der Waals surface area contributed by atoms with Crippen molar-refractivity contribution in [3.8, 4) is 16.9 Å². The molecule has 5 rings (SSSR count). The van der Waals surface area contributed by atoms with Crippen molar-refractivity contribution in [1.29, 1.82) is 5.41 Å². The summed E-state index contributed by atoms with van der Waals surface area (Å²) in [6.07, 6.45) is -1.10. The van der Waals surface area contributed by atoms with Crippen LogP contribution in [0.5, 0.6) is 5.75 Å². The zero-order valence-corrected chi connectivity index (χ0v) is 34.9. The molecular weight excluding hydrogens is 751 g/mol. The molecule has 3 aromatic carbocycles. The van der Waals surface area contributed by atoms with E-state index in [0.29, 0.717) is 23.3 Å². The number of ether oxygens (including phenoxy) is 3. The Hall–Kier alpha value is -5.15. The Morgan fingerprint density at radius 1 is 0.965 bits per heavy atom. The molecule has 308 valence electrons. The van der Waals surface area contributed by atoms with E-state index in [1.165, 1.54) is 6.92 Å². The van der Waals surface area contributed by atoms with E-state index in [1.807, 2.05) is 69.3 Å². The van der Waals surface area contributed by atoms with Crippen molar-refractivity contribution >= 4 is 34.0 Å². The van der Waals surface area contributed by atoms with Crippen molar-refractivity contribution in [2.24, 2.45) is 0 Å². The lowest BCUT2D eigenvalue weighted by Crippen LogP contribution is -2.56. The molecule has 1 aliphatic carbocycles. The summed E-state index contributed by atoms with van der Waals surface area (Å²) in [6, 6.07) is 13.1. The molecule has 2 aliphatic rings. The van der Waals surface area contributed by atoms with Gasteiger partial charge in [-0.2, -0.15) is 0 Å². The summed E-state index contributed by atoms with van der Waals surface area (Å²) in [7, 11) is -4.18. The minimum atomic E-state index is -4.18. The molecule has 3 aromatic rings. The Kier molecular flexibility index (Phi) is 12.6. The summed E-state index contributed by atoms with van der Waals surface area (Å²) in [4.78, 5) is 39.3. The van der Waals surface area contributed by atoms with E-state index in [1.54, 1.807) is 34.6 Å². The molecule has 15 heteroatoms. The summed E-state index contributed by atoms with van der Waals surface area (Å²) in [5.41, 5.74) is 5.59. The molecule has 0 spiro atoms. The molecule has 3 atom stereocenters. The van der Waals surface area contributed by atoms with Crippen molar-refractivity contribution in [2.75, 3.05) is 13.2 Å². The van der Waals surface area contributed by atoms with Gasteiger partial charge in [0.2, 0.25) is 11.9 Å². The van der Waals surface area contributed by atoms with Gasteiger partial charge in [0.1, 0.15) is 24.0 Å². The van der Waals surface area contributed by atoms with Gasteiger partial charge in [0.05, 0.1) is 16.6 Å². The number of amides is 2. The zero-order valence-electron chi connectivity index (χ0n) is 34.1. The second-order valence-electron chi connectivity index (χ2n) is 16.4. The fourth-order valence-electron chi connectivity index (χ4n) is 7.70. The number of hydrogen-bond donors (Lipinski definition) is 6. The number of benzene rings is 3. The van der Waals surface area contributed by atoms with Gasteiger partial charge in [0, 0.05) is 24.4 Å². The topological polar surface area (TPSA) is 205 Å². The number of nitrogens with one attached hydrogen (secondary N) is 5. The van der Waals surface area contributed by atoms with Crippen LogP contribution in [0.3, 0.4) is 0 Å². The third kappa shape index (κ3) is 9.88. The monoisotopic (exact) mass is 805 g/mol. The minimum Gasteiger partial charge on any atom is -0.487 e. The van der Waals surface area contributed by atoms with Gasteiger partial charge in [-0.25, -0.2) is 22.7 Å². The molecule has 0 radical (unpaired) electrons. The van der Waals surface area contributed by atoms with E-state index in [0.717, 1.165) is 33.4 Å². The van der Waals surface area contributed by atoms with Crippen LogP contribution in [0, 0.1) is 26.2 Å². The van der Waals surface area contributed by atoms with Gasteiger partial charge in [-0.15, -0.1) is 0 Å². The Morgan fingerprint density at radius 2 is 1.56 bits per heavy atom. The molecule has 6 N–H and O–H groups in total. The third-order valence-electron chi connectivity index (χ3n) is 10.3. The first-order valence-electron chi connectivity index (χ1n) is 19.1. The molecule has 0 saturated heterocycles. The molecule has 2 amide bonds. The number of carbonyl (C=O) groups is 3. The number of alkyl carbamates (subject to hydrolysis) is 1. The van der Waals surface area contributed by atoms with Crippen LogP contribution >= 0.6 is 0 Å². The van der Waals surface area contributed by atoms with E-state index in [2.05, 4.69) is 20.7 Å². The van der Waals surface area contributed by atoms with Gasteiger partial charge in [-0.05, 0) is 114 Å². The zero-order chi connectivity index (χ0) is 42.0. The van der Waals surface area contributed by atoms with Crippen LogP contribution in [-0.2, 0) is 35.5 Å². The number of carbonyl (C=O) groups excluding carboxylic acids is 2. The first-order chi connectivity index (χ1) is 26.6. The predicted octanol–water partition coefficient (Wildman–Crippen LogP) is 5.59. The molecule has 0 bridgehead atoms. The van der Waals surface area contributed by atoms with Crippen molar-refractivity contribution in [3.63, 3.8) is 0 Å². The Bertz CT molecular complexity index is 2120. The SMILES string of the molecule is Cc1c(C)c(S(=O)(=O)NC(=N)NCCC[C@H](NC(=O)OCC2c3ccccc3-c3ccccc32)C(=O)N[C@H](C(=O)O)[C@@H](C)OC(C)(C)C)c(C)c2c1OC(C)(C)C2. The fourth-order valence-corrected chi connectivity index (χ4v) is 9.22. The first-order valence-corrected chi connectivity index (χ1v) is 20.6. The van der Waals surface area contributed by atoms with E-state index in [-0.39, 0.29) is 36.8 Å². The number of guanidine groups is 1. The summed E-state index contributed by atoms with van der Waals surface area (Å²) in [5, 5.41) is 26.2. The highest BCUT2D eigenvalue weighted by Crippen LogP contribution is 2.45. The molecule has 1 aliphatic heterocycles. The quantitative estimate of drug-likeness (QED) is 0.0677. The maximum atomic E-state index is 13.7. The predicted molar refractivity (Wildman–Crippen MR) is 216 cm³/mol. The lowest BCUT2D eigenvalue weighted by atomic mass is 9.94. The summed E-state index contributed by atoms with van der Waals surface area (Å²) < 4.78 is 47.2. The molecule has 1 heterocycles. The van der Waals surface area contributed by atoms with Gasteiger partial charge in [-0.1, -0.05) is 48.5 Å². The first kappa shape index (κ1) is 43.0. The van der Waals surface area contributed by atoms with Crippen molar-refractivity contribution in [3.05, 3.63) is 81.9 Å². The average Bonchev–Trinajstić information content (AvgIpc) is 3.62. The summed E-state index contributed by atoms with van der Waals surface area (Å²) in [5.74, 6) is -2.11. The number of fused-ring (bicyclic) bond motifs is 4. The van der Waals surface area contributed by atoms with Gasteiger partial charge in [0.25, 0.3) is 10.0 Å². The molecule has 57 heavy (non-hydrogen) atoms. The molecule has 0 fully saturated rings. The van der Waals surface area contributed by atoms with Gasteiger partial charge < -0.3 is 35.3 Å². The summed E-state index contributed by atoms with van der Waals surface area (Å²) >= 11 is 0. The second kappa shape index (κ2) is 16.8. The summed E-state index contributed by atoms with van der Waals surface area (Å²) in [6.45, 7) is 16.0. The molecular formula is C42H55N5O9S. The third-order valence-corrected chi connectivity index (χ3v) is 11.9. The van der Waals surface area contributed by atoms with Crippen molar-refractivity contribution in [2.45, 2.75) is 122 Å². The number of carboxylic acid groups (broad SMARTS) is 1. The van der Waals surface area contributed by atoms with Crippen LogP contribution in [0.1, 0.15) is 93.7 Å². The Balaban J connectivity index is 1.25. The largest absolute Gasteiger partial charge is 0.487 e. The normalized spacial score (nSPS) is 15.9. The van der Waals surface area contributed by atoms with Crippen LogP contribution < -0.4 is 25.4 Å². The van der Waals surface area contributed by atoms with Gasteiger partial charge in [0.15, 0.2) is 6.04 Å². The molecule has 0 aromatic heterocycles. The highest BCUT2D eigenvalue weighted by molar-refractivity contribution is 7.90. The van der Waals surface area contributed by atoms with E-state index < -0.39 is 63.3 Å². The standard InChI is InChI=1S/C42H55N5O9S/c1-23-24(2)36(25(3)31-21-42(8,9)56-35(23)31)57(52,53)47-39(43)44-20-14-19-33(37(48)46-34(38(49)50)26(4)55-41(5,6)7)45-40(51)54-22-32-29-17-12-10-15-27(29)28-16-11-13-18-30(28)32/h10-13,15-18,26,32-34H,14,19-22H2,1-9H3,(H,45,51)(H,46,48)(H,49,50)(H3,43,44,47)/t26-,33+,34+/m1/s1. The number of rotatable bonds is 14. The van der Waals surface area contributed by atoms with Crippen LogP contribution in [-0.4, -0.2) is 80.0 Å². The maximum absolute atomic E-state index is 13.7. The van der Waals surface area contributed by atoms with Gasteiger partial charge >= 0.3 is 12.1 Å². The molecule has 0 saturated carbocycles. The van der Waals surface area contributed by atoms with Crippen LogP contribution in [0.2, 0.25) is 0 Å².